The molecule has 0 radical (unpaired) electrons. The van der Waals surface area contributed by atoms with Gasteiger partial charge in [0.05, 0.1) is 7.11 Å². The molecule has 0 bridgehead atoms. The molecular weight excluding hydrogens is 242 g/mol. The molecule has 1 aliphatic rings. The second kappa shape index (κ2) is 7.14. The third kappa shape index (κ3) is 4.56. The first-order valence-electron chi connectivity index (χ1n) is 6.77. The maximum atomic E-state index is 11.7. The van der Waals surface area contributed by atoms with Crippen molar-refractivity contribution < 1.29 is 14.3 Å². The van der Waals surface area contributed by atoms with Crippen molar-refractivity contribution >= 4 is 5.97 Å². The average Bonchev–Trinajstić information content (AvgIpc) is 2.47. The Bertz CT molecular complexity index is 396. The molecule has 0 aromatic heterocycles. The van der Waals surface area contributed by atoms with Gasteiger partial charge in [-0.15, -0.1) is 0 Å². The Morgan fingerprint density at radius 1 is 1.37 bits per heavy atom. The molecule has 1 unspecified atom stereocenters. The second-order valence-electron chi connectivity index (χ2n) is 4.93. The van der Waals surface area contributed by atoms with Gasteiger partial charge in [0.1, 0.15) is 12.4 Å². The predicted octanol–water partition coefficient (Wildman–Crippen LogP) is 2.13. The molecule has 1 fully saturated rings. The molecule has 1 N–H and O–H groups in total. The average molecular weight is 263 g/mol. The monoisotopic (exact) mass is 263 g/mol. The molecule has 0 saturated carbocycles. The van der Waals surface area contributed by atoms with Gasteiger partial charge >= 0.3 is 5.97 Å². The Hall–Kier alpha value is -1.55. The van der Waals surface area contributed by atoms with Crippen LogP contribution >= 0.6 is 0 Å². The summed E-state index contributed by atoms with van der Waals surface area (Å²) < 4.78 is 10.4. The SMILES string of the molecule is COc1ccc(COC(=O)CC2CCCNC2)cc1. The van der Waals surface area contributed by atoms with Crippen molar-refractivity contribution in [3.05, 3.63) is 29.8 Å². The van der Waals surface area contributed by atoms with Crippen LogP contribution in [0, 0.1) is 5.92 Å². The van der Waals surface area contributed by atoms with Crippen molar-refractivity contribution in [2.24, 2.45) is 5.92 Å². The van der Waals surface area contributed by atoms with Crippen molar-refractivity contribution in [3.8, 4) is 5.75 Å². The number of esters is 1. The van der Waals surface area contributed by atoms with Gasteiger partial charge < -0.3 is 14.8 Å². The number of carbonyl (C=O) groups is 1. The fourth-order valence-corrected chi connectivity index (χ4v) is 2.28. The molecule has 19 heavy (non-hydrogen) atoms. The highest BCUT2D eigenvalue weighted by Crippen LogP contribution is 2.16. The molecule has 2 rings (SSSR count). The Labute approximate surface area is 114 Å². The van der Waals surface area contributed by atoms with E-state index in [2.05, 4.69) is 5.32 Å². The number of methoxy groups -OCH3 is 1. The summed E-state index contributed by atoms with van der Waals surface area (Å²) >= 11 is 0. The molecule has 1 aliphatic heterocycles. The van der Waals surface area contributed by atoms with Crippen molar-refractivity contribution in [1.82, 2.24) is 5.32 Å². The largest absolute Gasteiger partial charge is 0.497 e. The molecule has 0 aliphatic carbocycles. The molecule has 0 spiro atoms. The highest BCUT2D eigenvalue weighted by atomic mass is 16.5. The van der Waals surface area contributed by atoms with Crippen molar-refractivity contribution in [3.63, 3.8) is 0 Å². The first-order valence-corrected chi connectivity index (χ1v) is 6.77. The van der Waals surface area contributed by atoms with Gasteiger partial charge in [-0.3, -0.25) is 4.79 Å². The number of rotatable bonds is 5. The molecule has 104 valence electrons. The van der Waals surface area contributed by atoms with Crippen LogP contribution in [0.15, 0.2) is 24.3 Å². The highest BCUT2D eigenvalue weighted by molar-refractivity contribution is 5.69. The van der Waals surface area contributed by atoms with Gasteiger partial charge in [-0.2, -0.15) is 0 Å². The summed E-state index contributed by atoms with van der Waals surface area (Å²) in [5.74, 6) is 1.13. The summed E-state index contributed by atoms with van der Waals surface area (Å²) in [7, 11) is 1.63. The first-order chi connectivity index (χ1) is 9.28. The first kappa shape index (κ1) is 13.9. The number of hydrogen-bond acceptors (Lipinski definition) is 4. The quantitative estimate of drug-likeness (QED) is 0.827. The Balaban J connectivity index is 1.72. The van der Waals surface area contributed by atoms with Gasteiger partial charge in [-0.05, 0) is 49.5 Å². The van der Waals surface area contributed by atoms with E-state index in [0.29, 0.717) is 18.9 Å². The van der Waals surface area contributed by atoms with E-state index in [1.54, 1.807) is 7.11 Å². The van der Waals surface area contributed by atoms with Crippen LogP contribution in [0.5, 0.6) is 5.75 Å². The zero-order chi connectivity index (χ0) is 13.5. The molecule has 1 atom stereocenters. The molecular formula is C15H21NO3. The minimum absolute atomic E-state index is 0.107. The van der Waals surface area contributed by atoms with Crippen LogP contribution in [0.2, 0.25) is 0 Å². The number of ether oxygens (including phenoxy) is 2. The molecule has 1 saturated heterocycles. The lowest BCUT2D eigenvalue weighted by Gasteiger charge is -2.21. The van der Waals surface area contributed by atoms with Crippen molar-refractivity contribution in [2.75, 3.05) is 20.2 Å². The van der Waals surface area contributed by atoms with Gasteiger partial charge in [-0.1, -0.05) is 12.1 Å². The molecule has 1 aromatic rings. The summed E-state index contributed by atoms with van der Waals surface area (Å²) in [6.45, 7) is 2.33. The van der Waals surface area contributed by atoms with Crippen LogP contribution in [0.3, 0.4) is 0 Å². The lowest BCUT2D eigenvalue weighted by Crippen LogP contribution is -2.31. The third-order valence-corrected chi connectivity index (χ3v) is 3.41. The second-order valence-corrected chi connectivity index (χ2v) is 4.93. The fourth-order valence-electron chi connectivity index (χ4n) is 2.28. The van der Waals surface area contributed by atoms with Gasteiger partial charge in [0.25, 0.3) is 0 Å². The summed E-state index contributed by atoms with van der Waals surface area (Å²) in [5.41, 5.74) is 0.982. The zero-order valence-electron chi connectivity index (χ0n) is 11.4. The summed E-state index contributed by atoms with van der Waals surface area (Å²) in [5, 5.41) is 3.30. The summed E-state index contributed by atoms with van der Waals surface area (Å²) in [6.07, 6.45) is 2.78. The molecule has 1 aromatic carbocycles. The lowest BCUT2D eigenvalue weighted by atomic mass is 9.96. The summed E-state index contributed by atoms with van der Waals surface area (Å²) in [4.78, 5) is 11.7. The molecule has 0 amide bonds. The summed E-state index contributed by atoms with van der Waals surface area (Å²) in [6, 6.07) is 7.56. The number of carbonyl (C=O) groups excluding carboxylic acids is 1. The van der Waals surface area contributed by atoms with Crippen LogP contribution < -0.4 is 10.1 Å². The van der Waals surface area contributed by atoms with Crippen molar-refractivity contribution in [2.45, 2.75) is 25.9 Å². The number of hydrogen-bond donors (Lipinski definition) is 1. The van der Waals surface area contributed by atoms with E-state index in [4.69, 9.17) is 9.47 Å². The van der Waals surface area contributed by atoms with E-state index in [1.165, 1.54) is 0 Å². The van der Waals surface area contributed by atoms with E-state index < -0.39 is 0 Å². The van der Waals surface area contributed by atoms with E-state index in [-0.39, 0.29) is 5.97 Å². The minimum Gasteiger partial charge on any atom is -0.497 e. The van der Waals surface area contributed by atoms with Gasteiger partial charge in [0, 0.05) is 6.42 Å². The van der Waals surface area contributed by atoms with Crippen LogP contribution in [0.4, 0.5) is 0 Å². The Morgan fingerprint density at radius 2 is 2.16 bits per heavy atom. The maximum absolute atomic E-state index is 11.7. The van der Waals surface area contributed by atoms with E-state index in [1.807, 2.05) is 24.3 Å². The van der Waals surface area contributed by atoms with Crippen LogP contribution in [-0.4, -0.2) is 26.2 Å². The smallest absolute Gasteiger partial charge is 0.306 e. The topological polar surface area (TPSA) is 47.6 Å². The minimum atomic E-state index is -0.107. The Morgan fingerprint density at radius 3 is 2.79 bits per heavy atom. The molecule has 4 heteroatoms. The van der Waals surface area contributed by atoms with E-state index in [9.17, 15) is 4.79 Å². The van der Waals surface area contributed by atoms with E-state index in [0.717, 1.165) is 37.2 Å². The maximum Gasteiger partial charge on any atom is 0.306 e. The van der Waals surface area contributed by atoms with Gasteiger partial charge in [0.15, 0.2) is 0 Å². The lowest BCUT2D eigenvalue weighted by molar-refractivity contribution is -0.146. The highest BCUT2D eigenvalue weighted by Gasteiger charge is 2.17. The van der Waals surface area contributed by atoms with E-state index >= 15 is 0 Å². The molecule has 1 heterocycles. The van der Waals surface area contributed by atoms with Crippen molar-refractivity contribution in [1.29, 1.82) is 0 Å². The number of piperidine rings is 1. The standard InChI is InChI=1S/C15H21NO3/c1-18-14-6-4-12(5-7-14)11-19-15(17)9-13-3-2-8-16-10-13/h4-7,13,16H,2-3,8-11H2,1H3. The van der Waals surface area contributed by atoms with Crippen LogP contribution in [0.25, 0.3) is 0 Å². The molecule has 4 nitrogen and oxygen atoms in total. The predicted molar refractivity (Wildman–Crippen MR) is 73.0 cm³/mol. The third-order valence-electron chi connectivity index (χ3n) is 3.41. The number of benzene rings is 1. The normalized spacial score (nSPS) is 18.9. The van der Waals surface area contributed by atoms with Gasteiger partial charge in [-0.25, -0.2) is 0 Å². The Kier molecular flexibility index (Phi) is 5.21. The van der Waals surface area contributed by atoms with Crippen LogP contribution in [-0.2, 0) is 16.1 Å². The van der Waals surface area contributed by atoms with Gasteiger partial charge in [0.2, 0.25) is 0 Å². The van der Waals surface area contributed by atoms with Crippen LogP contribution in [0.1, 0.15) is 24.8 Å². The zero-order valence-corrected chi connectivity index (χ0v) is 11.4. The fraction of sp³-hybridized carbons (Fsp3) is 0.533. The number of nitrogens with one attached hydrogen (secondary N) is 1.